The molecule has 0 saturated heterocycles. The summed E-state index contributed by atoms with van der Waals surface area (Å²) in [6, 6.07) is 7.77. The number of carbonyl (C=O) groups is 2. The van der Waals surface area contributed by atoms with E-state index in [0.29, 0.717) is 12.3 Å². The van der Waals surface area contributed by atoms with Crippen LogP contribution >= 0.6 is 0 Å². The number of carbonyl (C=O) groups excluding carboxylic acids is 2. The summed E-state index contributed by atoms with van der Waals surface area (Å²) < 4.78 is 10.4. The van der Waals surface area contributed by atoms with Crippen LogP contribution in [0.15, 0.2) is 24.3 Å². The van der Waals surface area contributed by atoms with Gasteiger partial charge in [0.15, 0.2) is 6.10 Å². The Kier molecular flexibility index (Phi) is 7.29. The Bertz CT molecular complexity index is 570. The van der Waals surface area contributed by atoms with Crippen molar-refractivity contribution >= 4 is 11.9 Å². The molecule has 0 heterocycles. The molecule has 2 rings (SSSR count). The number of aryl methyl sites for hydroxylation is 1. The quantitative estimate of drug-likeness (QED) is 0.769. The molecular formula is C20H29NO4. The first-order chi connectivity index (χ1) is 12.0. The fourth-order valence-corrected chi connectivity index (χ4v) is 3.18. The summed E-state index contributed by atoms with van der Waals surface area (Å²) in [6.07, 6.45) is 4.60. The topological polar surface area (TPSA) is 64.6 Å². The van der Waals surface area contributed by atoms with Crippen LogP contribution in [0.25, 0.3) is 0 Å². The number of amides is 1. The fourth-order valence-electron chi connectivity index (χ4n) is 3.18. The summed E-state index contributed by atoms with van der Waals surface area (Å²) in [5, 5.41) is 3.03. The van der Waals surface area contributed by atoms with E-state index in [4.69, 9.17) is 9.47 Å². The van der Waals surface area contributed by atoms with Gasteiger partial charge in [-0.3, -0.25) is 9.59 Å². The minimum absolute atomic E-state index is 0.196. The number of nitrogens with one attached hydrogen (secondary N) is 1. The van der Waals surface area contributed by atoms with Crippen LogP contribution in [-0.2, 0) is 20.7 Å². The van der Waals surface area contributed by atoms with Crippen molar-refractivity contribution in [2.45, 2.75) is 64.5 Å². The highest BCUT2D eigenvalue weighted by molar-refractivity contribution is 5.83. The lowest BCUT2D eigenvalue weighted by Crippen LogP contribution is -2.46. The van der Waals surface area contributed by atoms with E-state index in [9.17, 15) is 9.59 Å². The minimum atomic E-state index is -0.752. The molecule has 1 aromatic carbocycles. The number of benzene rings is 1. The SMILES string of the molecule is COc1ccc(CCC(=O)O[C@H](C)C(=O)N[C@@H]2CCCC[C@@H]2C)cc1. The molecule has 3 atom stereocenters. The first-order valence-electron chi connectivity index (χ1n) is 9.12. The molecule has 1 aromatic rings. The molecule has 0 bridgehead atoms. The summed E-state index contributed by atoms with van der Waals surface area (Å²) in [7, 11) is 1.62. The van der Waals surface area contributed by atoms with E-state index < -0.39 is 6.10 Å². The van der Waals surface area contributed by atoms with Crippen LogP contribution in [0.2, 0.25) is 0 Å². The first-order valence-corrected chi connectivity index (χ1v) is 9.12. The van der Waals surface area contributed by atoms with E-state index in [0.717, 1.165) is 30.6 Å². The molecule has 1 N–H and O–H groups in total. The molecule has 1 saturated carbocycles. The maximum Gasteiger partial charge on any atom is 0.306 e. The van der Waals surface area contributed by atoms with Crippen LogP contribution in [0, 0.1) is 5.92 Å². The van der Waals surface area contributed by atoms with Gasteiger partial charge in [0.05, 0.1) is 7.11 Å². The number of esters is 1. The molecule has 0 aliphatic heterocycles. The monoisotopic (exact) mass is 347 g/mol. The third-order valence-electron chi connectivity index (χ3n) is 4.89. The minimum Gasteiger partial charge on any atom is -0.497 e. The zero-order valence-corrected chi connectivity index (χ0v) is 15.4. The van der Waals surface area contributed by atoms with Gasteiger partial charge in [0, 0.05) is 12.5 Å². The lowest BCUT2D eigenvalue weighted by molar-refractivity contribution is -0.155. The van der Waals surface area contributed by atoms with E-state index in [1.165, 1.54) is 6.42 Å². The van der Waals surface area contributed by atoms with Crippen molar-refractivity contribution in [3.05, 3.63) is 29.8 Å². The number of methoxy groups -OCH3 is 1. The number of rotatable bonds is 7. The average molecular weight is 347 g/mol. The van der Waals surface area contributed by atoms with E-state index in [1.807, 2.05) is 24.3 Å². The van der Waals surface area contributed by atoms with Crippen molar-refractivity contribution in [1.29, 1.82) is 0 Å². The second-order valence-electron chi connectivity index (χ2n) is 6.86. The van der Waals surface area contributed by atoms with Crippen LogP contribution < -0.4 is 10.1 Å². The van der Waals surface area contributed by atoms with Crippen LogP contribution in [0.4, 0.5) is 0 Å². The third-order valence-corrected chi connectivity index (χ3v) is 4.89. The van der Waals surface area contributed by atoms with Crippen molar-refractivity contribution in [3.8, 4) is 5.75 Å². The van der Waals surface area contributed by atoms with Gasteiger partial charge in [0.1, 0.15) is 5.75 Å². The zero-order valence-electron chi connectivity index (χ0n) is 15.4. The molecule has 0 spiro atoms. The highest BCUT2D eigenvalue weighted by Crippen LogP contribution is 2.23. The highest BCUT2D eigenvalue weighted by atomic mass is 16.5. The van der Waals surface area contributed by atoms with Gasteiger partial charge in [-0.05, 0) is 49.8 Å². The molecule has 0 radical (unpaired) electrons. The summed E-state index contributed by atoms with van der Waals surface area (Å²) in [6.45, 7) is 3.80. The Balaban J connectivity index is 1.73. The summed E-state index contributed by atoms with van der Waals surface area (Å²) in [4.78, 5) is 24.2. The summed E-state index contributed by atoms with van der Waals surface area (Å²) in [5.41, 5.74) is 1.03. The maximum atomic E-state index is 12.2. The maximum absolute atomic E-state index is 12.2. The molecule has 1 aliphatic rings. The number of ether oxygens (including phenoxy) is 2. The molecule has 1 amide bonds. The Labute approximate surface area is 150 Å². The normalized spacial score (nSPS) is 21.2. The van der Waals surface area contributed by atoms with E-state index >= 15 is 0 Å². The number of hydrogen-bond acceptors (Lipinski definition) is 4. The van der Waals surface area contributed by atoms with Gasteiger partial charge in [0.25, 0.3) is 5.91 Å². The van der Waals surface area contributed by atoms with Gasteiger partial charge >= 0.3 is 5.97 Å². The van der Waals surface area contributed by atoms with Gasteiger partial charge < -0.3 is 14.8 Å². The standard InChI is InChI=1S/C20H29NO4/c1-14-6-4-5-7-18(14)21-20(23)15(2)25-19(22)13-10-16-8-11-17(24-3)12-9-16/h8-9,11-12,14-15,18H,4-7,10,13H2,1-3H3,(H,21,23)/t14-,15+,18+/m0/s1. The van der Waals surface area contributed by atoms with Gasteiger partial charge in [0.2, 0.25) is 0 Å². The van der Waals surface area contributed by atoms with Crippen molar-refractivity contribution in [1.82, 2.24) is 5.32 Å². The van der Waals surface area contributed by atoms with Gasteiger partial charge in [-0.1, -0.05) is 31.9 Å². The number of hydrogen-bond donors (Lipinski definition) is 1. The molecule has 138 valence electrons. The third kappa shape index (κ3) is 6.07. The van der Waals surface area contributed by atoms with Gasteiger partial charge in [-0.25, -0.2) is 0 Å². The second-order valence-corrected chi connectivity index (χ2v) is 6.86. The second kappa shape index (κ2) is 9.44. The smallest absolute Gasteiger partial charge is 0.306 e. The fraction of sp³-hybridized carbons (Fsp3) is 0.600. The molecule has 1 aliphatic carbocycles. The van der Waals surface area contributed by atoms with Gasteiger partial charge in [-0.2, -0.15) is 0 Å². The van der Waals surface area contributed by atoms with Crippen LogP contribution in [0.1, 0.15) is 51.5 Å². The zero-order chi connectivity index (χ0) is 18.2. The van der Waals surface area contributed by atoms with E-state index in [-0.39, 0.29) is 24.3 Å². The predicted octanol–water partition coefficient (Wildman–Crippen LogP) is 3.25. The molecule has 1 fully saturated rings. The first kappa shape index (κ1) is 19.3. The van der Waals surface area contributed by atoms with Crippen molar-refractivity contribution in [2.75, 3.05) is 7.11 Å². The molecule has 5 nitrogen and oxygen atoms in total. The highest BCUT2D eigenvalue weighted by Gasteiger charge is 2.26. The Morgan fingerprint density at radius 3 is 2.52 bits per heavy atom. The molecule has 5 heteroatoms. The predicted molar refractivity (Wildman–Crippen MR) is 96.4 cm³/mol. The summed E-state index contributed by atoms with van der Waals surface area (Å²) >= 11 is 0. The van der Waals surface area contributed by atoms with E-state index in [1.54, 1.807) is 14.0 Å². The van der Waals surface area contributed by atoms with Crippen molar-refractivity contribution in [2.24, 2.45) is 5.92 Å². The van der Waals surface area contributed by atoms with Crippen molar-refractivity contribution < 1.29 is 19.1 Å². The van der Waals surface area contributed by atoms with Crippen LogP contribution in [-0.4, -0.2) is 31.1 Å². The molecule has 0 aromatic heterocycles. The average Bonchev–Trinajstić information content (AvgIpc) is 2.62. The largest absolute Gasteiger partial charge is 0.497 e. The van der Waals surface area contributed by atoms with Crippen LogP contribution in [0.5, 0.6) is 5.75 Å². The summed E-state index contributed by atoms with van der Waals surface area (Å²) in [5.74, 6) is 0.718. The van der Waals surface area contributed by atoms with Crippen molar-refractivity contribution in [3.63, 3.8) is 0 Å². The van der Waals surface area contributed by atoms with Gasteiger partial charge in [-0.15, -0.1) is 0 Å². The lowest BCUT2D eigenvalue weighted by Gasteiger charge is -2.30. The van der Waals surface area contributed by atoms with E-state index in [2.05, 4.69) is 12.2 Å². The Morgan fingerprint density at radius 1 is 1.20 bits per heavy atom. The molecule has 0 unspecified atom stereocenters. The molecular weight excluding hydrogens is 318 g/mol. The van der Waals surface area contributed by atoms with Crippen LogP contribution in [0.3, 0.4) is 0 Å². The molecule has 25 heavy (non-hydrogen) atoms. The lowest BCUT2D eigenvalue weighted by atomic mass is 9.86. The Hall–Kier alpha value is -2.04. The Morgan fingerprint density at radius 2 is 1.88 bits per heavy atom.